The normalized spacial score (nSPS) is 30.2. The third-order valence-corrected chi connectivity index (χ3v) is 5.24. The number of nitrogens with one attached hydrogen (secondary N) is 1. The zero-order chi connectivity index (χ0) is 16.6. The van der Waals surface area contributed by atoms with Crippen LogP contribution < -0.4 is 10.2 Å². The molecule has 3 rings (SSSR count). The molecule has 2 aliphatic rings. The highest BCUT2D eigenvalue weighted by molar-refractivity contribution is 5.73. The smallest absolute Gasteiger partial charge is 0.217 e. The van der Waals surface area contributed by atoms with E-state index in [9.17, 15) is 4.79 Å². The lowest BCUT2D eigenvalue weighted by Crippen LogP contribution is -2.49. The van der Waals surface area contributed by atoms with Gasteiger partial charge in [-0.25, -0.2) is 0 Å². The van der Waals surface area contributed by atoms with Crippen molar-refractivity contribution in [3.8, 4) is 0 Å². The SMILES string of the molecule is CO[C@@H]1C[C@H]2CN(c3cc(C)nc(C)c3)C[C@H]2C[C@H]1NC(C)=O. The summed E-state index contributed by atoms with van der Waals surface area (Å²) in [5.74, 6) is 1.29. The number of anilines is 1. The summed E-state index contributed by atoms with van der Waals surface area (Å²) >= 11 is 0. The minimum atomic E-state index is 0.0331. The number of nitrogens with zero attached hydrogens (tertiary/aromatic N) is 2. The Morgan fingerprint density at radius 1 is 1.22 bits per heavy atom. The molecule has 0 aromatic carbocycles. The van der Waals surface area contributed by atoms with E-state index in [0.717, 1.165) is 37.3 Å². The molecule has 1 saturated carbocycles. The number of hydrogen-bond donors (Lipinski definition) is 1. The lowest BCUT2D eigenvalue weighted by atomic mass is 9.77. The van der Waals surface area contributed by atoms with E-state index in [1.807, 2.05) is 13.8 Å². The van der Waals surface area contributed by atoms with E-state index in [0.29, 0.717) is 11.8 Å². The predicted octanol–water partition coefficient (Wildman–Crippen LogP) is 2.06. The maximum atomic E-state index is 11.4. The van der Waals surface area contributed by atoms with Crippen LogP contribution in [-0.2, 0) is 9.53 Å². The maximum absolute atomic E-state index is 11.4. The zero-order valence-corrected chi connectivity index (χ0v) is 14.5. The minimum Gasteiger partial charge on any atom is -0.379 e. The lowest BCUT2D eigenvalue weighted by Gasteiger charge is -2.37. The highest BCUT2D eigenvalue weighted by Gasteiger charge is 2.42. The molecule has 0 spiro atoms. The Morgan fingerprint density at radius 2 is 1.83 bits per heavy atom. The van der Waals surface area contributed by atoms with Crippen molar-refractivity contribution in [2.45, 2.75) is 45.8 Å². The molecule has 1 aliphatic heterocycles. The standard InChI is InChI=1S/C18H27N3O2/c1-11-5-16(6-12(2)19-11)21-9-14-7-17(20-13(3)22)18(23-4)8-15(14)10-21/h5-6,14-15,17-18H,7-10H2,1-4H3,(H,20,22)/t14-,15+,17-,18-/m1/s1. The topological polar surface area (TPSA) is 54.5 Å². The molecule has 1 N–H and O–H groups in total. The van der Waals surface area contributed by atoms with Gasteiger partial charge in [0.1, 0.15) is 0 Å². The fourth-order valence-corrected chi connectivity index (χ4v) is 4.29. The van der Waals surface area contributed by atoms with Crippen molar-refractivity contribution in [1.29, 1.82) is 0 Å². The summed E-state index contributed by atoms with van der Waals surface area (Å²) < 4.78 is 5.65. The van der Waals surface area contributed by atoms with Gasteiger partial charge in [0, 0.05) is 44.2 Å². The van der Waals surface area contributed by atoms with Crippen LogP contribution in [0.25, 0.3) is 0 Å². The third-order valence-electron chi connectivity index (χ3n) is 5.24. The Hall–Kier alpha value is -1.62. The number of ether oxygens (including phenoxy) is 1. The Morgan fingerprint density at radius 3 is 2.39 bits per heavy atom. The zero-order valence-electron chi connectivity index (χ0n) is 14.5. The first kappa shape index (κ1) is 16.2. The highest BCUT2D eigenvalue weighted by Crippen LogP contribution is 2.39. The van der Waals surface area contributed by atoms with Gasteiger partial charge < -0.3 is 15.0 Å². The molecule has 1 saturated heterocycles. The molecule has 4 atom stereocenters. The van der Waals surface area contributed by atoms with Crippen molar-refractivity contribution in [2.75, 3.05) is 25.1 Å². The van der Waals surface area contributed by atoms with Crippen molar-refractivity contribution in [2.24, 2.45) is 11.8 Å². The summed E-state index contributed by atoms with van der Waals surface area (Å²) in [4.78, 5) is 18.4. The fraction of sp³-hybridized carbons (Fsp3) is 0.667. The number of amides is 1. The summed E-state index contributed by atoms with van der Waals surface area (Å²) in [7, 11) is 1.75. The average molecular weight is 317 g/mol. The van der Waals surface area contributed by atoms with Crippen LogP contribution in [0.15, 0.2) is 12.1 Å². The second kappa shape index (κ2) is 6.48. The summed E-state index contributed by atoms with van der Waals surface area (Å²) in [6, 6.07) is 4.48. The first-order valence-corrected chi connectivity index (χ1v) is 8.46. The first-order chi connectivity index (χ1) is 11.0. The van der Waals surface area contributed by atoms with E-state index in [2.05, 4.69) is 27.3 Å². The summed E-state index contributed by atoms with van der Waals surface area (Å²) in [6.07, 6.45) is 2.15. The second-order valence-electron chi connectivity index (χ2n) is 7.09. The minimum absolute atomic E-state index is 0.0331. The number of methoxy groups -OCH3 is 1. The van der Waals surface area contributed by atoms with Crippen LogP contribution in [0.1, 0.15) is 31.2 Å². The third kappa shape index (κ3) is 3.50. The number of rotatable bonds is 3. The number of carbonyl (C=O) groups excluding carboxylic acids is 1. The molecule has 1 aromatic heterocycles. The number of pyridine rings is 1. The van der Waals surface area contributed by atoms with Gasteiger partial charge in [0.2, 0.25) is 5.91 Å². The van der Waals surface area contributed by atoms with Gasteiger partial charge in [-0.15, -0.1) is 0 Å². The average Bonchev–Trinajstić information content (AvgIpc) is 2.87. The maximum Gasteiger partial charge on any atom is 0.217 e. The molecule has 23 heavy (non-hydrogen) atoms. The molecule has 0 unspecified atom stereocenters. The van der Waals surface area contributed by atoms with Gasteiger partial charge in [-0.2, -0.15) is 0 Å². The van der Waals surface area contributed by atoms with Crippen molar-refractivity contribution in [3.05, 3.63) is 23.5 Å². The van der Waals surface area contributed by atoms with E-state index in [1.54, 1.807) is 14.0 Å². The van der Waals surface area contributed by atoms with Crippen molar-refractivity contribution >= 4 is 11.6 Å². The number of fused-ring (bicyclic) bond motifs is 1. The van der Waals surface area contributed by atoms with E-state index in [1.165, 1.54) is 5.69 Å². The first-order valence-electron chi connectivity index (χ1n) is 8.46. The highest BCUT2D eigenvalue weighted by atomic mass is 16.5. The molecule has 1 aromatic rings. The molecular formula is C18H27N3O2. The van der Waals surface area contributed by atoms with Gasteiger partial charge in [0.15, 0.2) is 0 Å². The number of hydrogen-bond acceptors (Lipinski definition) is 4. The Bertz CT molecular complexity index is 569. The van der Waals surface area contributed by atoms with Crippen molar-refractivity contribution < 1.29 is 9.53 Å². The van der Waals surface area contributed by atoms with Crippen molar-refractivity contribution in [1.82, 2.24) is 10.3 Å². The van der Waals surface area contributed by atoms with Crippen LogP contribution >= 0.6 is 0 Å². The molecule has 2 fully saturated rings. The van der Waals surface area contributed by atoms with Gasteiger partial charge in [-0.05, 0) is 50.7 Å². The van der Waals surface area contributed by atoms with Gasteiger partial charge in [0.25, 0.3) is 0 Å². The predicted molar refractivity (Wildman–Crippen MR) is 90.5 cm³/mol. The van der Waals surface area contributed by atoms with Crippen LogP contribution in [0, 0.1) is 25.7 Å². The number of aromatic nitrogens is 1. The van der Waals surface area contributed by atoms with Gasteiger partial charge >= 0.3 is 0 Å². The Labute approximate surface area is 138 Å². The second-order valence-corrected chi connectivity index (χ2v) is 7.09. The monoisotopic (exact) mass is 317 g/mol. The number of carbonyl (C=O) groups is 1. The summed E-state index contributed by atoms with van der Waals surface area (Å²) in [6.45, 7) is 7.81. The molecule has 0 radical (unpaired) electrons. The van der Waals surface area contributed by atoms with E-state index < -0.39 is 0 Å². The largest absolute Gasteiger partial charge is 0.379 e. The molecule has 126 valence electrons. The van der Waals surface area contributed by atoms with Crippen LogP contribution in [0.3, 0.4) is 0 Å². The molecule has 5 nitrogen and oxygen atoms in total. The van der Waals surface area contributed by atoms with E-state index in [-0.39, 0.29) is 18.1 Å². The van der Waals surface area contributed by atoms with E-state index >= 15 is 0 Å². The summed E-state index contributed by atoms with van der Waals surface area (Å²) in [5, 5.41) is 3.08. The molecule has 1 amide bonds. The van der Waals surface area contributed by atoms with Crippen LogP contribution in [0.5, 0.6) is 0 Å². The van der Waals surface area contributed by atoms with E-state index in [4.69, 9.17) is 4.74 Å². The summed E-state index contributed by atoms with van der Waals surface area (Å²) in [5.41, 5.74) is 3.41. The Kier molecular flexibility index (Phi) is 4.57. The van der Waals surface area contributed by atoms with Gasteiger partial charge in [-0.3, -0.25) is 9.78 Å². The lowest BCUT2D eigenvalue weighted by molar-refractivity contribution is -0.121. The van der Waals surface area contributed by atoms with Crippen LogP contribution in [0.2, 0.25) is 0 Å². The Balaban J connectivity index is 1.74. The van der Waals surface area contributed by atoms with Gasteiger partial charge in [-0.1, -0.05) is 0 Å². The quantitative estimate of drug-likeness (QED) is 0.927. The van der Waals surface area contributed by atoms with Crippen molar-refractivity contribution in [3.63, 3.8) is 0 Å². The molecule has 0 bridgehead atoms. The van der Waals surface area contributed by atoms with Gasteiger partial charge in [0.05, 0.1) is 12.1 Å². The molecular weight excluding hydrogens is 290 g/mol. The molecule has 2 heterocycles. The fourth-order valence-electron chi connectivity index (χ4n) is 4.29. The van der Waals surface area contributed by atoms with Crippen LogP contribution in [0.4, 0.5) is 5.69 Å². The van der Waals surface area contributed by atoms with Crippen LogP contribution in [-0.4, -0.2) is 43.2 Å². The molecule has 5 heteroatoms. The molecule has 1 aliphatic carbocycles. The number of aryl methyl sites for hydroxylation is 2.